The highest BCUT2D eigenvalue weighted by atomic mass is 35.5. The topological polar surface area (TPSA) is 24.9 Å². The van der Waals surface area contributed by atoms with E-state index in [1.54, 1.807) is 18.0 Å². The van der Waals surface area contributed by atoms with Crippen LogP contribution in [0.5, 0.6) is 0 Å². The lowest BCUT2D eigenvalue weighted by molar-refractivity contribution is 1.12. The highest BCUT2D eigenvalue weighted by Gasteiger charge is 2.15. The third-order valence-electron chi connectivity index (χ3n) is 2.19. The minimum Gasteiger partial charge on any atom is -0.352 e. The Hall–Kier alpha value is -1.19. The molecular weight excluding hydrogens is 228 g/mol. The molecule has 0 radical (unpaired) electrons. The number of anilines is 2. The molecular formula is C11H7ClN2S. The second kappa shape index (κ2) is 3.43. The number of nitrogens with zero attached hydrogens (tertiary/aromatic N) is 1. The van der Waals surface area contributed by atoms with Crippen molar-refractivity contribution >= 4 is 34.7 Å². The van der Waals surface area contributed by atoms with Gasteiger partial charge >= 0.3 is 0 Å². The van der Waals surface area contributed by atoms with E-state index in [0.29, 0.717) is 0 Å². The van der Waals surface area contributed by atoms with E-state index in [2.05, 4.69) is 10.3 Å². The van der Waals surface area contributed by atoms with Crippen LogP contribution in [0.3, 0.4) is 0 Å². The van der Waals surface area contributed by atoms with Gasteiger partial charge in [-0.05, 0) is 30.3 Å². The molecule has 2 aromatic rings. The number of pyridine rings is 1. The molecule has 1 aliphatic rings. The number of hydrogen-bond donors (Lipinski definition) is 1. The van der Waals surface area contributed by atoms with Gasteiger partial charge in [0.05, 0.1) is 11.4 Å². The Labute approximate surface area is 96.7 Å². The number of fused-ring (bicyclic) bond motifs is 2. The van der Waals surface area contributed by atoms with Gasteiger partial charge in [-0.15, -0.1) is 0 Å². The molecule has 74 valence electrons. The first-order chi connectivity index (χ1) is 7.33. The summed E-state index contributed by atoms with van der Waals surface area (Å²) in [5, 5.41) is 5.06. The lowest BCUT2D eigenvalue weighted by Gasteiger charge is -2.19. The average molecular weight is 235 g/mol. The molecule has 2 heterocycles. The van der Waals surface area contributed by atoms with Crippen molar-refractivity contribution in [3.63, 3.8) is 0 Å². The number of aromatic nitrogens is 1. The fourth-order valence-corrected chi connectivity index (χ4v) is 2.58. The van der Waals surface area contributed by atoms with Gasteiger partial charge in [0, 0.05) is 16.1 Å². The molecule has 1 N–H and O–H groups in total. The summed E-state index contributed by atoms with van der Waals surface area (Å²) >= 11 is 7.60. The van der Waals surface area contributed by atoms with Gasteiger partial charge in [0.15, 0.2) is 0 Å². The Balaban J connectivity index is 2.11. The Morgan fingerprint density at radius 1 is 1.20 bits per heavy atom. The largest absolute Gasteiger partial charge is 0.352 e. The van der Waals surface area contributed by atoms with Crippen molar-refractivity contribution in [1.29, 1.82) is 0 Å². The van der Waals surface area contributed by atoms with Crippen LogP contribution in [0.15, 0.2) is 46.5 Å². The molecule has 1 aliphatic heterocycles. The summed E-state index contributed by atoms with van der Waals surface area (Å²) in [4.78, 5) is 5.47. The molecule has 15 heavy (non-hydrogen) atoms. The first kappa shape index (κ1) is 9.07. The Kier molecular flexibility index (Phi) is 2.08. The van der Waals surface area contributed by atoms with Gasteiger partial charge in [-0.1, -0.05) is 23.4 Å². The van der Waals surface area contributed by atoms with Gasteiger partial charge in [0.25, 0.3) is 0 Å². The molecule has 0 aliphatic carbocycles. The molecule has 0 unspecified atom stereocenters. The maximum absolute atomic E-state index is 5.94. The average Bonchev–Trinajstić information content (AvgIpc) is 2.26. The second-order valence-electron chi connectivity index (χ2n) is 3.22. The zero-order chi connectivity index (χ0) is 10.3. The maximum atomic E-state index is 5.94. The summed E-state index contributed by atoms with van der Waals surface area (Å²) < 4.78 is 0. The van der Waals surface area contributed by atoms with E-state index in [4.69, 9.17) is 11.6 Å². The number of halogens is 1. The van der Waals surface area contributed by atoms with Crippen LogP contribution in [0, 0.1) is 0 Å². The van der Waals surface area contributed by atoms with Crippen LogP contribution >= 0.6 is 23.4 Å². The fraction of sp³-hybridized carbons (Fsp3) is 0. The highest BCUT2D eigenvalue weighted by Crippen LogP contribution is 2.43. The van der Waals surface area contributed by atoms with Gasteiger partial charge in [-0.25, -0.2) is 4.98 Å². The quantitative estimate of drug-likeness (QED) is 0.638. The van der Waals surface area contributed by atoms with Gasteiger partial charge in [0.2, 0.25) is 0 Å². The summed E-state index contributed by atoms with van der Waals surface area (Å²) in [6.07, 6.45) is 1.80. The Morgan fingerprint density at radius 3 is 3.07 bits per heavy atom. The van der Waals surface area contributed by atoms with Crippen LogP contribution in [0.25, 0.3) is 0 Å². The molecule has 0 spiro atoms. The van der Waals surface area contributed by atoms with E-state index in [-0.39, 0.29) is 0 Å². The first-order valence-corrected chi connectivity index (χ1v) is 5.72. The summed E-state index contributed by atoms with van der Waals surface area (Å²) in [5.74, 6) is 0. The minimum absolute atomic E-state index is 0.745. The van der Waals surface area contributed by atoms with Crippen molar-refractivity contribution in [3.05, 3.63) is 41.6 Å². The molecule has 0 atom stereocenters. The molecule has 0 saturated heterocycles. The van der Waals surface area contributed by atoms with Gasteiger partial charge in [0.1, 0.15) is 5.03 Å². The smallest absolute Gasteiger partial charge is 0.124 e. The van der Waals surface area contributed by atoms with Crippen molar-refractivity contribution < 1.29 is 0 Å². The van der Waals surface area contributed by atoms with Crippen molar-refractivity contribution in [2.75, 3.05) is 5.32 Å². The first-order valence-electron chi connectivity index (χ1n) is 4.52. The van der Waals surface area contributed by atoms with Crippen LogP contribution in [0.2, 0.25) is 5.02 Å². The number of nitrogens with one attached hydrogen (secondary N) is 1. The van der Waals surface area contributed by atoms with Crippen molar-refractivity contribution in [3.8, 4) is 0 Å². The summed E-state index contributed by atoms with van der Waals surface area (Å²) in [5.41, 5.74) is 2.09. The fourth-order valence-electron chi connectivity index (χ4n) is 1.51. The van der Waals surface area contributed by atoms with Crippen LogP contribution in [-0.2, 0) is 0 Å². The van der Waals surface area contributed by atoms with Crippen LogP contribution in [0.4, 0.5) is 11.4 Å². The molecule has 0 fully saturated rings. The summed E-state index contributed by atoms with van der Waals surface area (Å²) in [6.45, 7) is 0. The molecule has 0 amide bonds. The number of hydrogen-bond acceptors (Lipinski definition) is 3. The van der Waals surface area contributed by atoms with Crippen molar-refractivity contribution in [1.82, 2.24) is 4.98 Å². The number of benzene rings is 1. The van der Waals surface area contributed by atoms with Gasteiger partial charge in [-0.3, -0.25) is 0 Å². The van der Waals surface area contributed by atoms with E-state index in [1.165, 1.54) is 0 Å². The predicted molar refractivity (Wildman–Crippen MR) is 63.1 cm³/mol. The minimum atomic E-state index is 0.745. The SMILES string of the molecule is Clc1ccc2c(c1)Nc1cccnc1S2. The zero-order valence-electron chi connectivity index (χ0n) is 7.70. The Bertz CT molecular complexity index is 528. The van der Waals surface area contributed by atoms with Crippen LogP contribution in [0.1, 0.15) is 0 Å². The molecule has 0 saturated carbocycles. The maximum Gasteiger partial charge on any atom is 0.124 e. The normalized spacial score (nSPS) is 12.6. The lowest BCUT2D eigenvalue weighted by atomic mass is 10.3. The number of rotatable bonds is 0. The summed E-state index contributed by atoms with van der Waals surface area (Å²) in [7, 11) is 0. The molecule has 1 aromatic carbocycles. The van der Waals surface area contributed by atoms with Crippen molar-refractivity contribution in [2.24, 2.45) is 0 Å². The second-order valence-corrected chi connectivity index (χ2v) is 4.69. The van der Waals surface area contributed by atoms with Crippen molar-refractivity contribution in [2.45, 2.75) is 9.92 Å². The van der Waals surface area contributed by atoms with E-state index in [1.807, 2.05) is 30.3 Å². The standard InChI is InChI=1S/C11H7ClN2S/c12-7-3-4-10-9(6-7)14-8-2-1-5-13-11(8)15-10/h1-6,14H. The van der Waals surface area contributed by atoms with Gasteiger partial charge < -0.3 is 5.32 Å². The van der Waals surface area contributed by atoms with E-state index in [9.17, 15) is 0 Å². The third-order valence-corrected chi connectivity index (χ3v) is 3.52. The predicted octanol–water partition coefficient (Wildman–Crippen LogP) is 3.94. The monoisotopic (exact) mass is 234 g/mol. The highest BCUT2D eigenvalue weighted by molar-refractivity contribution is 7.99. The zero-order valence-corrected chi connectivity index (χ0v) is 9.27. The lowest BCUT2D eigenvalue weighted by Crippen LogP contribution is -2.00. The van der Waals surface area contributed by atoms with E-state index < -0.39 is 0 Å². The van der Waals surface area contributed by atoms with Crippen LogP contribution < -0.4 is 5.32 Å². The van der Waals surface area contributed by atoms with Crippen LogP contribution in [-0.4, -0.2) is 4.98 Å². The van der Waals surface area contributed by atoms with E-state index in [0.717, 1.165) is 26.3 Å². The third kappa shape index (κ3) is 1.58. The Morgan fingerprint density at radius 2 is 2.13 bits per heavy atom. The summed E-state index contributed by atoms with van der Waals surface area (Å²) in [6, 6.07) is 9.76. The molecule has 4 heteroatoms. The van der Waals surface area contributed by atoms with Gasteiger partial charge in [-0.2, -0.15) is 0 Å². The molecule has 2 nitrogen and oxygen atoms in total. The molecule has 3 rings (SSSR count). The molecule has 0 bridgehead atoms. The van der Waals surface area contributed by atoms with E-state index >= 15 is 0 Å². The molecule has 1 aromatic heterocycles.